The normalized spacial score (nSPS) is 13.6. The Morgan fingerprint density at radius 3 is 2.86 bits per heavy atom. The van der Waals surface area contributed by atoms with Gasteiger partial charge in [-0.1, -0.05) is 6.07 Å². The summed E-state index contributed by atoms with van der Waals surface area (Å²) in [5, 5.41) is 10.7. The van der Waals surface area contributed by atoms with Gasteiger partial charge in [-0.3, -0.25) is 10.1 Å². The van der Waals surface area contributed by atoms with E-state index in [0.29, 0.717) is 10.0 Å². The third-order valence-corrected chi connectivity index (χ3v) is 2.60. The number of hydrogen-bond donors (Lipinski definition) is 0. The lowest BCUT2D eigenvalue weighted by molar-refractivity contribution is -0.386. The lowest BCUT2D eigenvalue weighted by Crippen LogP contribution is -2.01. The molecule has 0 N–H and O–H groups in total. The number of nitro benzene ring substituents is 1. The molecule has 1 aromatic carbocycles. The van der Waals surface area contributed by atoms with Crippen molar-refractivity contribution in [3.05, 3.63) is 37.8 Å². The molecule has 0 unspecified atom stereocenters. The van der Waals surface area contributed by atoms with Crippen LogP contribution in [0.2, 0.25) is 0 Å². The van der Waals surface area contributed by atoms with Gasteiger partial charge in [0.2, 0.25) is 0 Å². The molecule has 6 heteroatoms. The van der Waals surface area contributed by atoms with Gasteiger partial charge in [0.25, 0.3) is 5.69 Å². The Bertz CT molecular complexity index is 443. The molecule has 0 aliphatic carbocycles. The number of rotatable bonds is 1. The predicted octanol–water partition coefficient (Wildman–Crippen LogP) is 2.03. The molecular weight excluding hydrogens is 254 g/mol. The molecule has 0 fully saturated rings. The summed E-state index contributed by atoms with van der Waals surface area (Å²) in [4.78, 5) is 21.3. The first kappa shape index (κ1) is 9.14. The van der Waals surface area contributed by atoms with Gasteiger partial charge >= 0.3 is 5.97 Å². The first-order valence-electron chi connectivity index (χ1n) is 3.74. The van der Waals surface area contributed by atoms with Crippen LogP contribution in [0.15, 0.2) is 16.6 Å². The van der Waals surface area contributed by atoms with Crippen LogP contribution in [0.3, 0.4) is 0 Å². The zero-order chi connectivity index (χ0) is 10.3. The van der Waals surface area contributed by atoms with Crippen LogP contribution >= 0.6 is 15.9 Å². The third kappa shape index (κ3) is 1.19. The Morgan fingerprint density at radius 2 is 2.21 bits per heavy atom. The second-order valence-corrected chi connectivity index (χ2v) is 3.62. The third-order valence-electron chi connectivity index (χ3n) is 1.96. The minimum atomic E-state index is -0.631. The molecule has 5 nitrogen and oxygen atoms in total. The van der Waals surface area contributed by atoms with Crippen molar-refractivity contribution < 1.29 is 14.5 Å². The van der Waals surface area contributed by atoms with Gasteiger partial charge in [-0.2, -0.15) is 0 Å². The van der Waals surface area contributed by atoms with E-state index in [2.05, 4.69) is 15.9 Å². The second-order valence-electron chi connectivity index (χ2n) is 2.76. The number of hydrogen-bond acceptors (Lipinski definition) is 4. The van der Waals surface area contributed by atoms with E-state index in [1.165, 1.54) is 0 Å². The lowest BCUT2D eigenvalue weighted by Gasteiger charge is -1.98. The first-order chi connectivity index (χ1) is 6.61. The van der Waals surface area contributed by atoms with E-state index in [1.807, 2.05) is 0 Å². The van der Waals surface area contributed by atoms with E-state index in [4.69, 9.17) is 4.74 Å². The van der Waals surface area contributed by atoms with Gasteiger partial charge in [0.15, 0.2) is 0 Å². The maximum absolute atomic E-state index is 11.2. The van der Waals surface area contributed by atoms with E-state index in [1.54, 1.807) is 12.1 Å². The average molecular weight is 258 g/mol. The van der Waals surface area contributed by atoms with Crippen molar-refractivity contribution in [2.24, 2.45) is 0 Å². The fourth-order valence-corrected chi connectivity index (χ4v) is 1.82. The van der Waals surface area contributed by atoms with Gasteiger partial charge in [-0.15, -0.1) is 0 Å². The van der Waals surface area contributed by atoms with Gasteiger partial charge < -0.3 is 4.74 Å². The van der Waals surface area contributed by atoms with Crippen molar-refractivity contribution in [1.29, 1.82) is 0 Å². The van der Waals surface area contributed by atoms with E-state index in [0.717, 1.165) is 0 Å². The number of carbonyl (C=O) groups excluding carboxylic acids is 1. The monoisotopic (exact) mass is 257 g/mol. The van der Waals surface area contributed by atoms with Crippen LogP contribution in [0.1, 0.15) is 15.9 Å². The zero-order valence-corrected chi connectivity index (χ0v) is 8.41. The topological polar surface area (TPSA) is 69.4 Å². The van der Waals surface area contributed by atoms with Crippen molar-refractivity contribution in [1.82, 2.24) is 0 Å². The van der Waals surface area contributed by atoms with Crippen molar-refractivity contribution in [3.8, 4) is 0 Å². The highest BCUT2D eigenvalue weighted by atomic mass is 79.9. The summed E-state index contributed by atoms with van der Waals surface area (Å²) in [7, 11) is 0. The van der Waals surface area contributed by atoms with E-state index in [-0.39, 0.29) is 17.9 Å². The quantitative estimate of drug-likeness (QED) is 0.439. The number of nitro groups is 1. The highest BCUT2D eigenvalue weighted by Gasteiger charge is 2.32. The molecule has 1 heterocycles. The number of benzene rings is 1. The van der Waals surface area contributed by atoms with Crippen LogP contribution in [0, 0.1) is 10.1 Å². The number of cyclic esters (lactones) is 1. The van der Waals surface area contributed by atoms with E-state index in [9.17, 15) is 14.9 Å². The number of esters is 1. The molecule has 0 amide bonds. The Hall–Kier alpha value is -1.43. The molecule has 0 saturated heterocycles. The highest BCUT2D eigenvalue weighted by Crippen LogP contribution is 2.35. The smallest absolute Gasteiger partial charge is 0.345 e. The molecule has 0 spiro atoms. The molecule has 1 aliphatic heterocycles. The molecule has 0 saturated carbocycles. The van der Waals surface area contributed by atoms with E-state index < -0.39 is 10.9 Å². The van der Waals surface area contributed by atoms with Gasteiger partial charge in [-0.05, 0) is 22.0 Å². The maximum atomic E-state index is 11.2. The molecule has 0 aromatic heterocycles. The van der Waals surface area contributed by atoms with Crippen molar-refractivity contribution in [2.45, 2.75) is 6.61 Å². The van der Waals surface area contributed by atoms with Crippen LogP contribution in [-0.4, -0.2) is 10.9 Å². The highest BCUT2D eigenvalue weighted by molar-refractivity contribution is 9.10. The van der Waals surface area contributed by atoms with Crippen LogP contribution in [0.4, 0.5) is 5.69 Å². The Labute approximate surface area is 87.0 Å². The molecular formula is C8H4BrNO4. The Morgan fingerprint density at radius 1 is 1.50 bits per heavy atom. The number of carbonyl (C=O) groups is 1. The van der Waals surface area contributed by atoms with Gasteiger partial charge in [0.05, 0.1) is 9.40 Å². The van der Waals surface area contributed by atoms with Gasteiger partial charge in [-0.25, -0.2) is 4.79 Å². The van der Waals surface area contributed by atoms with Gasteiger partial charge in [0.1, 0.15) is 12.2 Å². The molecule has 0 radical (unpaired) electrons. The molecule has 1 aliphatic rings. The molecule has 72 valence electrons. The zero-order valence-electron chi connectivity index (χ0n) is 6.82. The number of ether oxygens (including phenoxy) is 1. The van der Waals surface area contributed by atoms with Crippen LogP contribution < -0.4 is 0 Å². The van der Waals surface area contributed by atoms with E-state index >= 15 is 0 Å². The molecule has 2 rings (SSSR count). The van der Waals surface area contributed by atoms with Crippen LogP contribution in [0.5, 0.6) is 0 Å². The fraction of sp³-hybridized carbons (Fsp3) is 0.125. The van der Waals surface area contributed by atoms with Crippen molar-refractivity contribution >= 4 is 27.6 Å². The van der Waals surface area contributed by atoms with Crippen molar-refractivity contribution in [2.75, 3.05) is 0 Å². The molecule has 14 heavy (non-hydrogen) atoms. The molecule has 1 aromatic rings. The largest absolute Gasteiger partial charge is 0.457 e. The fourth-order valence-electron chi connectivity index (χ4n) is 1.35. The summed E-state index contributed by atoms with van der Waals surface area (Å²) in [6, 6.07) is 3.18. The molecule has 0 atom stereocenters. The SMILES string of the molecule is O=C1OCc2ccc(Br)c([N+](=O)[O-])c21. The number of halogens is 1. The maximum Gasteiger partial charge on any atom is 0.345 e. The summed E-state index contributed by atoms with van der Waals surface area (Å²) in [5.74, 6) is -0.631. The minimum absolute atomic E-state index is 0.0596. The predicted molar refractivity (Wildman–Crippen MR) is 49.9 cm³/mol. The summed E-state index contributed by atoms with van der Waals surface area (Å²) in [5.41, 5.74) is 0.402. The first-order valence-corrected chi connectivity index (χ1v) is 4.53. The summed E-state index contributed by atoms with van der Waals surface area (Å²) >= 11 is 3.03. The van der Waals surface area contributed by atoms with Crippen LogP contribution in [-0.2, 0) is 11.3 Å². The van der Waals surface area contributed by atoms with Crippen LogP contribution in [0.25, 0.3) is 0 Å². The minimum Gasteiger partial charge on any atom is -0.457 e. The van der Waals surface area contributed by atoms with Crippen molar-refractivity contribution in [3.63, 3.8) is 0 Å². The van der Waals surface area contributed by atoms with Gasteiger partial charge in [0, 0.05) is 5.56 Å². The second kappa shape index (κ2) is 3.06. The summed E-state index contributed by atoms with van der Waals surface area (Å²) < 4.78 is 5.00. The number of nitrogens with zero attached hydrogens (tertiary/aromatic N) is 1. The Kier molecular flexibility index (Phi) is 1.99. The lowest BCUT2D eigenvalue weighted by atomic mass is 10.1. The Balaban J connectivity index is 2.74. The summed E-state index contributed by atoms with van der Waals surface area (Å²) in [6.07, 6.45) is 0. The standard InChI is InChI=1S/C8H4BrNO4/c9-5-2-1-4-3-14-8(11)6(4)7(5)10(12)13/h1-2H,3H2. The molecule has 0 bridgehead atoms. The average Bonchev–Trinajstić information content (AvgIpc) is 2.47. The number of fused-ring (bicyclic) bond motifs is 1. The summed E-state index contributed by atoms with van der Waals surface area (Å²) in [6.45, 7) is 0.113.